The van der Waals surface area contributed by atoms with Crippen LogP contribution in [0.2, 0.25) is 5.02 Å². The van der Waals surface area contributed by atoms with Crippen molar-refractivity contribution >= 4 is 34.0 Å². The van der Waals surface area contributed by atoms with E-state index in [1.807, 2.05) is 12.1 Å². The molecule has 0 aliphatic heterocycles. The van der Waals surface area contributed by atoms with Gasteiger partial charge in [0.2, 0.25) is 5.91 Å². The number of nitrogens with one attached hydrogen (secondary N) is 1. The van der Waals surface area contributed by atoms with E-state index in [0.29, 0.717) is 11.1 Å². The maximum absolute atomic E-state index is 13.1. The number of carbonyl (C=O) groups is 1. The average molecular weight is 345 g/mol. The lowest BCUT2D eigenvalue weighted by atomic mass is 10.1. The molecule has 0 spiro atoms. The quantitative estimate of drug-likeness (QED) is 0.781. The molecule has 4 nitrogen and oxygen atoms in total. The fourth-order valence-electron chi connectivity index (χ4n) is 2.46. The van der Waals surface area contributed by atoms with Crippen LogP contribution in [0.25, 0.3) is 10.8 Å². The summed E-state index contributed by atoms with van der Waals surface area (Å²) in [6, 6.07) is 11.9. The number of rotatable bonds is 3. The van der Waals surface area contributed by atoms with Crippen LogP contribution in [0.15, 0.2) is 59.5 Å². The Labute approximate surface area is 142 Å². The van der Waals surface area contributed by atoms with Gasteiger partial charge in [0.25, 0.3) is 5.56 Å². The van der Waals surface area contributed by atoms with Crippen molar-refractivity contribution in [1.82, 2.24) is 4.57 Å². The summed E-state index contributed by atoms with van der Waals surface area (Å²) in [5, 5.41) is 4.07. The molecule has 0 bridgehead atoms. The van der Waals surface area contributed by atoms with Crippen LogP contribution in [0.4, 0.5) is 10.1 Å². The van der Waals surface area contributed by atoms with E-state index in [9.17, 15) is 14.0 Å². The van der Waals surface area contributed by atoms with Gasteiger partial charge in [-0.25, -0.2) is 4.39 Å². The lowest BCUT2D eigenvalue weighted by Gasteiger charge is -2.16. The van der Waals surface area contributed by atoms with E-state index in [1.165, 1.54) is 16.7 Å². The van der Waals surface area contributed by atoms with E-state index in [1.54, 1.807) is 31.3 Å². The predicted molar refractivity (Wildman–Crippen MR) is 93.0 cm³/mol. The highest BCUT2D eigenvalue weighted by atomic mass is 35.5. The summed E-state index contributed by atoms with van der Waals surface area (Å²) in [5.74, 6) is -0.905. The number of amides is 1. The number of fused-ring (bicyclic) bond motifs is 1. The standard InChI is InChI=1S/C18H14ClFN2O2/c1-11(17(23)21-16-7-6-13(20)10-15(16)19)22-9-8-12-4-2-3-5-14(12)18(22)24/h2-11H,1H3,(H,21,23)/t11-/m0/s1. The fourth-order valence-corrected chi connectivity index (χ4v) is 2.68. The first-order valence-corrected chi connectivity index (χ1v) is 7.71. The van der Waals surface area contributed by atoms with Crippen molar-refractivity contribution in [1.29, 1.82) is 0 Å². The average Bonchev–Trinajstić information content (AvgIpc) is 2.57. The van der Waals surface area contributed by atoms with Crippen LogP contribution in [0.1, 0.15) is 13.0 Å². The lowest BCUT2D eigenvalue weighted by Crippen LogP contribution is -2.31. The summed E-state index contributed by atoms with van der Waals surface area (Å²) in [7, 11) is 0. The van der Waals surface area contributed by atoms with Crippen LogP contribution < -0.4 is 10.9 Å². The van der Waals surface area contributed by atoms with Crippen LogP contribution >= 0.6 is 11.6 Å². The van der Waals surface area contributed by atoms with Crippen molar-refractivity contribution in [3.05, 3.63) is 75.9 Å². The van der Waals surface area contributed by atoms with E-state index >= 15 is 0 Å². The molecule has 1 aromatic heterocycles. The molecule has 0 saturated heterocycles. The lowest BCUT2D eigenvalue weighted by molar-refractivity contribution is -0.118. The van der Waals surface area contributed by atoms with Gasteiger partial charge in [-0.05, 0) is 42.6 Å². The summed E-state index contributed by atoms with van der Waals surface area (Å²) in [4.78, 5) is 25.0. The Kier molecular flexibility index (Phi) is 4.36. The topological polar surface area (TPSA) is 51.1 Å². The van der Waals surface area contributed by atoms with E-state index < -0.39 is 17.8 Å². The van der Waals surface area contributed by atoms with Gasteiger partial charge in [0.05, 0.1) is 10.7 Å². The highest BCUT2D eigenvalue weighted by Crippen LogP contribution is 2.23. The van der Waals surface area contributed by atoms with E-state index in [-0.39, 0.29) is 10.6 Å². The van der Waals surface area contributed by atoms with E-state index in [0.717, 1.165) is 11.5 Å². The molecule has 24 heavy (non-hydrogen) atoms. The van der Waals surface area contributed by atoms with E-state index in [4.69, 9.17) is 11.6 Å². The third-order valence-corrected chi connectivity index (χ3v) is 4.14. The third kappa shape index (κ3) is 3.03. The normalized spacial score (nSPS) is 12.1. The Morgan fingerprint density at radius 3 is 2.71 bits per heavy atom. The SMILES string of the molecule is C[C@@H](C(=O)Nc1ccc(F)cc1Cl)n1ccc2ccccc2c1=O. The number of halogens is 2. The summed E-state index contributed by atoms with van der Waals surface area (Å²) in [6.45, 7) is 1.61. The van der Waals surface area contributed by atoms with Crippen LogP contribution in [0.3, 0.4) is 0 Å². The number of pyridine rings is 1. The minimum Gasteiger partial charge on any atom is -0.323 e. The molecular weight excluding hydrogens is 331 g/mol. The van der Waals surface area contributed by atoms with Crippen molar-refractivity contribution in [3.8, 4) is 0 Å². The Bertz CT molecular complexity index is 984. The van der Waals surface area contributed by atoms with Crippen molar-refractivity contribution in [2.45, 2.75) is 13.0 Å². The Morgan fingerprint density at radius 2 is 1.96 bits per heavy atom. The molecule has 122 valence electrons. The molecular formula is C18H14ClFN2O2. The first-order chi connectivity index (χ1) is 11.5. The van der Waals surface area contributed by atoms with Gasteiger partial charge in [0.1, 0.15) is 11.9 Å². The molecule has 0 radical (unpaired) electrons. The third-order valence-electron chi connectivity index (χ3n) is 3.83. The van der Waals surface area contributed by atoms with Crippen molar-refractivity contribution < 1.29 is 9.18 Å². The molecule has 1 heterocycles. The van der Waals surface area contributed by atoms with Gasteiger partial charge in [0, 0.05) is 11.6 Å². The zero-order valence-corrected chi connectivity index (χ0v) is 13.5. The summed E-state index contributed by atoms with van der Waals surface area (Å²) < 4.78 is 14.4. The number of carbonyl (C=O) groups excluding carboxylic acids is 1. The first kappa shape index (κ1) is 16.2. The molecule has 1 amide bonds. The highest BCUT2D eigenvalue weighted by molar-refractivity contribution is 6.33. The first-order valence-electron chi connectivity index (χ1n) is 7.33. The van der Waals surface area contributed by atoms with Crippen LogP contribution in [0.5, 0.6) is 0 Å². The number of hydrogen-bond acceptors (Lipinski definition) is 2. The smallest absolute Gasteiger partial charge is 0.259 e. The van der Waals surface area contributed by atoms with Gasteiger partial charge < -0.3 is 9.88 Å². The van der Waals surface area contributed by atoms with E-state index in [2.05, 4.69) is 5.32 Å². The molecule has 1 atom stereocenters. The maximum Gasteiger partial charge on any atom is 0.259 e. The zero-order valence-electron chi connectivity index (χ0n) is 12.8. The second kappa shape index (κ2) is 6.45. The van der Waals surface area contributed by atoms with Crippen molar-refractivity contribution in [2.24, 2.45) is 0 Å². The monoisotopic (exact) mass is 344 g/mol. The molecule has 0 fully saturated rings. The second-order valence-electron chi connectivity index (χ2n) is 5.40. The van der Waals surface area contributed by atoms with Gasteiger partial charge in [-0.3, -0.25) is 9.59 Å². The van der Waals surface area contributed by atoms with Crippen LogP contribution in [0, 0.1) is 5.82 Å². The molecule has 0 unspecified atom stereocenters. The minimum absolute atomic E-state index is 0.0985. The number of anilines is 1. The molecule has 0 saturated carbocycles. The number of hydrogen-bond donors (Lipinski definition) is 1. The molecule has 3 aromatic rings. The molecule has 1 N–H and O–H groups in total. The molecule has 0 aliphatic carbocycles. The Morgan fingerprint density at radius 1 is 1.21 bits per heavy atom. The van der Waals surface area contributed by atoms with Gasteiger partial charge in [-0.1, -0.05) is 29.8 Å². The largest absolute Gasteiger partial charge is 0.323 e. The van der Waals surface area contributed by atoms with Gasteiger partial charge >= 0.3 is 0 Å². The number of benzene rings is 2. The van der Waals surface area contributed by atoms with Gasteiger partial charge in [-0.2, -0.15) is 0 Å². The summed E-state index contributed by atoms with van der Waals surface area (Å²) in [5.41, 5.74) is 0.0460. The predicted octanol–water partition coefficient (Wildman–Crippen LogP) is 3.99. The summed E-state index contributed by atoms with van der Waals surface area (Å²) in [6.07, 6.45) is 1.58. The Balaban J connectivity index is 1.91. The van der Waals surface area contributed by atoms with Crippen molar-refractivity contribution in [3.63, 3.8) is 0 Å². The van der Waals surface area contributed by atoms with Crippen molar-refractivity contribution in [2.75, 3.05) is 5.32 Å². The number of aromatic nitrogens is 1. The summed E-state index contributed by atoms with van der Waals surface area (Å²) >= 11 is 5.91. The zero-order chi connectivity index (χ0) is 17.3. The molecule has 6 heteroatoms. The minimum atomic E-state index is -0.747. The molecule has 3 rings (SSSR count). The highest BCUT2D eigenvalue weighted by Gasteiger charge is 2.18. The maximum atomic E-state index is 13.1. The van der Waals surface area contributed by atoms with Crippen LogP contribution in [-0.2, 0) is 4.79 Å². The number of nitrogens with zero attached hydrogens (tertiary/aromatic N) is 1. The Hall–Kier alpha value is -2.66. The van der Waals surface area contributed by atoms with Crippen LogP contribution in [-0.4, -0.2) is 10.5 Å². The molecule has 0 aliphatic rings. The van der Waals surface area contributed by atoms with Gasteiger partial charge in [0.15, 0.2) is 0 Å². The molecule has 2 aromatic carbocycles. The van der Waals surface area contributed by atoms with Gasteiger partial charge in [-0.15, -0.1) is 0 Å². The second-order valence-corrected chi connectivity index (χ2v) is 5.81. The fraction of sp³-hybridized carbons (Fsp3) is 0.111.